The second-order valence-corrected chi connectivity index (χ2v) is 18.2. The molecule has 12 aromatic rings. The zero-order valence-corrected chi connectivity index (χ0v) is 36.4. The Kier molecular flexibility index (Phi) is 9.59. The first-order chi connectivity index (χ1) is 31.7. The molecule has 0 amide bonds. The predicted octanol–water partition coefficient (Wildman–Crippen LogP) is 18.4. The Labute approximate surface area is 380 Å². The first-order valence-electron chi connectivity index (χ1n) is 21.7. The van der Waals surface area contributed by atoms with Gasteiger partial charge in [-0.25, -0.2) is 0 Å². The highest BCUT2D eigenvalue weighted by Crippen LogP contribution is 2.49. The van der Waals surface area contributed by atoms with Gasteiger partial charge in [0, 0.05) is 63.0 Å². The third-order valence-electron chi connectivity index (χ3n) is 12.3. The molecule has 12 rings (SSSR count). The van der Waals surface area contributed by atoms with Gasteiger partial charge >= 0.3 is 0 Å². The first kappa shape index (κ1) is 38.0. The molecule has 0 unspecified atom stereocenters. The lowest BCUT2D eigenvalue weighted by Crippen LogP contribution is -2.12. The van der Waals surface area contributed by atoms with E-state index in [1.807, 2.05) is 22.7 Å². The maximum Gasteiger partial charge on any atom is 0.0555 e. The summed E-state index contributed by atoms with van der Waals surface area (Å²) in [4.78, 5) is 4.91. The molecule has 64 heavy (non-hydrogen) atoms. The molecule has 0 aliphatic carbocycles. The van der Waals surface area contributed by atoms with Gasteiger partial charge in [-0.1, -0.05) is 164 Å². The quantitative estimate of drug-likeness (QED) is 0.143. The van der Waals surface area contributed by atoms with Gasteiger partial charge in [-0.15, -0.1) is 22.7 Å². The number of hydrogen-bond donors (Lipinski definition) is 0. The number of nitrogens with zero attached hydrogens (tertiary/aromatic N) is 2. The van der Waals surface area contributed by atoms with Crippen molar-refractivity contribution in [3.8, 4) is 33.4 Å². The van der Waals surface area contributed by atoms with Crippen LogP contribution in [0.2, 0.25) is 0 Å². The topological polar surface area (TPSA) is 6.48 Å². The molecule has 0 N–H and O–H groups in total. The van der Waals surface area contributed by atoms with Crippen molar-refractivity contribution in [3.63, 3.8) is 0 Å². The third-order valence-corrected chi connectivity index (χ3v) is 14.5. The molecular weight excluding hydrogens is 813 g/mol. The summed E-state index contributed by atoms with van der Waals surface area (Å²) in [6, 6.07) is 88.4. The summed E-state index contributed by atoms with van der Waals surface area (Å²) in [7, 11) is 0. The van der Waals surface area contributed by atoms with Crippen molar-refractivity contribution in [1.29, 1.82) is 0 Å². The van der Waals surface area contributed by atoms with Crippen molar-refractivity contribution in [2.24, 2.45) is 0 Å². The van der Waals surface area contributed by atoms with E-state index in [2.05, 4.69) is 252 Å². The predicted molar refractivity (Wildman–Crippen MR) is 278 cm³/mol. The number of anilines is 6. The molecule has 0 radical (unpaired) electrons. The Morgan fingerprint density at radius 3 is 1.23 bits per heavy atom. The van der Waals surface area contributed by atoms with E-state index in [0.29, 0.717) is 0 Å². The molecule has 0 saturated heterocycles. The molecule has 2 aromatic heterocycles. The molecule has 0 fully saturated rings. The fourth-order valence-electron chi connectivity index (χ4n) is 9.31. The van der Waals surface area contributed by atoms with E-state index in [-0.39, 0.29) is 0 Å². The Balaban J connectivity index is 1.05. The molecule has 2 heterocycles. The number of para-hydroxylation sites is 1. The van der Waals surface area contributed by atoms with Crippen LogP contribution in [0, 0.1) is 0 Å². The second kappa shape index (κ2) is 16.2. The van der Waals surface area contributed by atoms with Crippen molar-refractivity contribution in [2.45, 2.75) is 0 Å². The van der Waals surface area contributed by atoms with Gasteiger partial charge in [-0.05, 0) is 107 Å². The minimum absolute atomic E-state index is 1.09. The van der Waals surface area contributed by atoms with Gasteiger partial charge in [0.05, 0.1) is 17.1 Å². The molecule has 10 aromatic carbocycles. The van der Waals surface area contributed by atoms with E-state index >= 15 is 0 Å². The maximum atomic E-state index is 2.47. The molecule has 0 saturated carbocycles. The average Bonchev–Trinajstić information content (AvgIpc) is 3.95. The van der Waals surface area contributed by atoms with Gasteiger partial charge in [0.25, 0.3) is 0 Å². The standard InChI is InChI=1S/C60H40N2S2/c1-3-16-41(17-4-1)43-32-36-46(37-33-43)61(53-26-14-30-57-59(53)50-23-8-11-28-55(50)63-57)48-21-13-20-45(40-48)49-22-7-10-25-52(49)62(47-38-34-44(35-39-47)42-18-5-2-6-19-42)54-27-15-31-58-60(54)51-24-9-12-29-56(51)64-58/h1-40H. The Morgan fingerprint density at radius 2 is 0.656 bits per heavy atom. The number of benzene rings is 10. The summed E-state index contributed by atoms with van der Waals surface area (Å²) in [5.74, 6) is 0. The van der Waals surface area contributed by atoms with Crippen LogP contribution in [0.5, 0.6) is 0 Å². The molecule has 302 valence electrons. The van der Waals surface area contributed by atoms with Crippen LogP contribution in [0.15, 0.2) is 243 Å². The fraction of sp³-hybridized carbons (Fsp3) is 0. The lowest BCUT2D eigenvalue weighted by atomic mass is 9.99. The zero-order chi connectivity index (χ0) is 42.4. The Bertz CT molecular complexity index is 3610. The van der Waals surface area contributed by atoms with Gasteiger partial charge in [-0.3, -0.25) is 0 Å². The van der Waals surface area contributed by atoms with Crippen LogP contribution < -0.4 is 9.80 Å². The first-order valence-corrected chi connectivity index (χ1v) is 23.3. The molecule has 0 atom stereocenters. The average molecular weight is 853 g/mol. The van der Waals surface area contributed by atoms with Crippen LogP contribution in [-0.4, -0.2) is 0 Å². The smallest absolute Gasteiger partial charge is 0.0555 e. The number of thiophene rings is 2. The van der Waals surface area contributed by atoms with Gasteiger partial charge < -0.3 is 9.80 Å². The van der Waals surface area contributed by atoms with Crippen LogP contribution in [0.1, 0.15) is 0 Å². The van der Waals surface area contributed by atoms with E-state index in [9.17, 15) is 0 Å². The zero-order valence-electron chi connectivity index (χ0n) is 34.8. The SMILES string of the molecule is c1ccc(-c2ccc(N(c3cccc(-c4ccccc4N(c4ccc(-c5ccccc5)cc4)c4cccc5sc6ccccc6c45)c3)c3cccc4sc5ccccc5c34)cc2)cc1. The highest BCUT2D eigenvalue weighted by atomic mass is 32.1. The Hall–Kier alpha value is -7.76. The number of fused-ring (bicyclic) bond motifs is 6. The van der Waals surface area contributed by atoms with Crippen molar-refractivity contribution in [2.75, 3.05) is 9.80 Å². The summed E-state index contributed by atoms with van der Waals surface area (Å²) in [5, 5.41) is 5.07. The van der Waals surface area contributed by atoms with Crippen molar-refractivity contribution < 1.29 is 0 Å². The number of rotatable bonds is 9. The van der Waals surface area contributed by atoms with E-state index in [1.54, 1.807) is 0 Å². The van der Waals surface area contributed by atoms with E-state index in [4.69, 9.17) is 0 Å². The minimum Gasteiger partial charge on any atom is -0.310 e. The highest BCUT2D eigenvalue weighted by Gasteiger charge is 2.23. The van der Waals surface area contributed by atoms with Gasteiger partial charge in [0.15, 0.2) is 0 Å². The second-order valence-electron chi connectivity index (χ2n) is 16.1. The lowest BCUT2D eigenvalue weighted by molar-refractivity contribution is 1.29. The number of hydrogen-bond acceptors (Lipinski definition) is 4. The van der Waals surface area contributed by atoms with Crippen LogP contribution >= 0.6 is 22.7 Å². The van der Waals surface area contributed by atoms with Crippen LogP contribution in [0.4, 0.5) is 34.1 Å². The Morgan fingerprint density at radius 1 is 0.250 bits per heavy atom. The van der Waals surface area contributed by atoms with Gasteiger partial charge in [0.1, 0.15) is 0 Å². The summed E-state index contributed by atoms with van der Waals surface area (Å²) in [5.41, 5.74) is 13.8. The van der Waals surface area contributed by atoms with Crippen molar-refractivity contribution >= 4 is 97.1 Å². The summed E-state index contributed by atoms with van der Waals surface area (Å²) in [6.07, 6.45) is 0. The normalized spacial score (nSPS) is 11.4. The molecular formula is C60H40N2S2. The summed E-state index contributed by atoms with van der Waals surface area (Å²) < 4.78 is 5.12. The van der Waals surface area contributed by atoms with Gasteiger partial charge in [0.2, 0.25) is 0 Å². The maximum absolute atomic E-state index is 2.47. The molecule has 0 bridgehead atoms. The lowest BCUT2D eigenvalue weighted by Gasteiger charge is -2.30. The monoisotopic (exact) mass is 852 g/mol. The molecule has 2 nitrogen and oxygen atoms in total. The fourth-order valence-corrected chi connectivity index (χ4v) is 11.6. The van der Waals surface area contributed by atoms with Crippen LogP contribution in [0.25, 0.3) is 73.7 Å². The molecule has 0 aliphatic heterocycles. The van der Waals surface area contributed by atoms with E-state index in [1.165, 1.54) is 62.6 Å². The summed E-state index contributed by atoms with van der Waals surface area (Å²) >= 11 is 3.71. The van der Waals surface area contributed by atoms with Crippen molar-refractivity contribution in [3.05, 3.63) is 243 Å². The minimum atomic E-state index is 1.09. The van der Waals surface area contributed by atoms with E-state index in [0.717, 1.165) is 45.3 Å². The van der Waals surface area contributed by atoms with E-state index < -0.39 is 0 Å². The van der Waals surface area contributed by atoms with Crippen LogP contribution in [-0.2, 0) is 0 Å². The van der Waals surface area contributed by atoms with Crippen LogP contribution in [0.3, 0.4) is 0 Å². The third kappa shape index (κ3) is 6.72. The molecule has 0 spiro atoms. The van der Waals surface area contributed by atoms with Gasteiger partial charge in [-0.2, -0.15) is 0 Å². The summed E-state index contributed by atoms with van der Waals surface area (Å²) in [6.45, 7) is 0. The molecule has 0 aliphatic rings. The molecule has 4 heteroatoms. The largest absolute Gasteiger partial charge is 0.310 e. The highest BCUT2D eigenvalue weighted by molar-refractivity contribution is 7.26. The van der Waals surface area contributed by atoms with Crippen molar-refractivity contribution in [1.82, 2.24) is 0 Å².